The van der Waals surface area contributed by atoms with Crippen LogP contribution in [0.5, 0.6) is 0 Å². The number of nitrogens with zero attached hydrogens (tertiary/aromatic N) is 4. The van der Waals surface area contributed by atoms with E-state index in [1.54, 1.807) is 6.92 Å². The van der Waals surface area contributed by atoms with Gasteiger partial charge < -0.3 is 16.0 Å². The van der Waals surface area contributed by atoms with E-state index < -0.39 is 35.6 Å². The van der Waals surface area contributed by atoms with Gasteiger partial charge in [0, 0.05) is 37.3 Å². The number of benzene rings is 1. The van der Waals surface area contributed by atoms with Crippen LogP contribution in [0.2, 0.25) is 0 Å². The lowest BCUT2D eigenvalue weighted by atomic mass is 9.99. The van der Waals surface area contributed by atoms with Crippen LogP contribution in [-0.2, 0) is 30.5 Å². The number of aromatic nitrogens is 2. The van der Waals surface area contributed by atoms with Gasteiger partial charge in [-0.3, -0.25) is 14.3 Å². The van der Waals surface area contributed by atoms with Gasteiger partial charge in [0.05, 0.1) is 24.3 Å². The summed E-state index contributed by atoms with van der Waals surface area (Å²) in [5.74, 6) is -1.87. The van der Waals surface area contributed by atoms with Gasteiger partial charge in [-0.15, -0.1) is 0 Å². The molecule has 2 atom stereocenters. The van der Waals surface area contributed by atoms with Crippen LogP contribution in [0, 0.1) is 5.82 Å². The number of anilines is 1. The topological polar surface area (TPSA) is 106 Å². The van der Waals surface area contributed by atoms with Gasteiger partial charge in [0.2, 0.25) is 0 Å². The van der Waals surface area contributed by atoms with Crippen LogP contribution < -0.4 is 11.1 Å². The summed E-state index contributed by atoms with van der Waals surface area (Å²) in [4.78, 5) is 32.7. The molecule has 2 aromatic rings. The molecule has 0 bridgehead atoms. The Kier molecular flexibility index (Phi) is 5.78. The number of urea groups is 1. The lowest BCUT2D eigenvalue weighted by Gasteiger charge is -2.33. The second-order valence-corrected chi connectivity index (χ2v) is 8.03. The first-order valence-corrected chi connectivity index (χ1v) is 10.2. The number of hydroxylamine groups is 2. The summed E-state index contributed by atoms with van der Waals surface area (Å²) in [5, 5.41) is 7.99. The Balaban J connectivity index is 1.60. The first kappa shape index (κ1) is 23.0. The monoisotopic (exact) mass is 470 g/mol. The molecule has 0 fully saturated rings. The molecular weight excluding hydrogens is 448 g/mol. The van der Waals surface area contributed by atoms with Crippen LogP contribution in [0.25, 0.3) is 0 Å². The molecular formula is C20H22F4N6O3. The van der Waals surface area contributed by atoms with Crippen molar-refractivity contribution < 1.29 is 32.0 Å². The summed E-state index contributed by atoms with van der Waals surface area (Å²) in [6, 6.07) is 1.21. The molecule has 2 aliphatic rings. The average Bonchev–Trinajstić information content (AvgIpc) is 3.02. The maximum Gasteiger partial charge on any atom is 0.419 e. The zero-order chi connectivity index (χ0) is 24.1. The van der Waals surface area contributed by atoms with Crippen molar-refractivity contribution in [1.82, 2.24) is 19.7 Å². The number of carbonyl (C=O) groups is 2. The van der Waals surface area contributed by atoms with E-state index in [1.807, 2.05) is 0 Å². The molecule has 3 N–H and O–H groups in total. The summed E-state index contributed by atoms with van der Waals surface area (Å²) < 4.78 is 54.1. The molecule has 0 saturated carbocycles. The number of amides is 3. The minimum Gasteiger partial charge on any atom is -0.328 e. The van der Waals surface area contributed by atoms with E-state index in [0.29, 0.717) is 29.8 Å². The second kappa shape index (κ2) is 8.30. The van der Waals surface area contributed by atoms with E-state index in [0.717, 1.165) is 11.1 Å². The summed E-state index contributed by atoms with van der Waals surface area (Å²) in [6.07, 6.45) is -5.02. The third-order valence-corrected chi connectivity index (χ3v) is 5.70. The lowest BCUT2D eigenvalue weighted by molar-refractivity contribution is -0.144. The minimum atomic E-state index is -4.90. The van der Waals surface area contributed by atoms with Crippen LogP contribution in [-0.4, -0.2) is 57.4 Å². The molecule has 0 unspecified atom stereocenters. The van der Waals surface area contributed by atoms with E-state index in [1.165, 1.54) is 16.6 Å². The third-order valence-electron chi connectivity index (χ3n) is 5.70. The fourth-order valence-corrected chi connectivity index (χ4v) is 4.02. The molecule has 4 rings (SSSR count). The molecule has 0 saturated heterocycles. The van der Waals surface area contributed by atoms with Crippen molar-refractivity contribution >= 4 is 17.6 Å². The van der Waals surface area contributed by atoms with Crippen molar-refractivity contribution in [2.24, 2.45) is 5.73 Å². The summed E-state index contributed by atoms with van der Waals surface area (Å²) >= 11 is 0. The van der Waals surface area contributed by atoms with Gasteiger partial charge in [-0.2, -0.15) is 18.3 Å². The fourth-order valence-electron chi connectivity index (χ4n) is 4.02. The number of nitrogens with two attached hydrogens (primary N) is 1. The number of hydrogen-bond acceptors (Lipinski definition) is 5. The molecule has 2 aliphatic heterocycles. The van der Waals surface area contributed by atoms with Crippen molar-refractivity contribution in [3.05, 3.63) is 46.5 Å². The number of rotatable bonds is 2. The van der Waals surface area contributed by atoms with Gasteiger partial charge in [-0.1, -0.05) is 0 Å². The normalized spacial score (nSPS) is 20.9. The van der Waals surface area contributed by atoms with Crippen LogP contribution in [0.4, 0.5) is 28.0 Å². The van der Waals surface area contributed by atoms with Crippen molar-refractivity contribution in [2.45, 2.75) is 44.8 Å². The first-order valence-electron chi connectivity index (χ1n) is 10.2. The number of hydrogen-bond donors (Lipinski definition) is 2. The van der Waals surface area contributed by atoms with E-state index in [-0.39, 0.29) is 37.1 Å². The molecule has 0 radical (unpaired) electrons. The van der Waals surface area contributed by atoms with Crippen molar-refractivity contribution in [3.63, 3.8) is 0 Å². The van der Waals surface area contributed by atoms with Crippen LogP contribution >= 0.6 is 0 Å². The molecule has 178 valence electrons. The van der Waals surface area contributed by atoms with Crippen molar-refractivity contribution in [3.8, 4) is 0 Å². The Morgan fingerprint density at radius 1 is 1.36 bits per heavy atom. The summed E-state index contributed by atoms with van der Waals surface area (Å²) in [6.45, 7) is 2.20. The Labute approximate surface area is 186 Å². The zero-order valence-electron chi connectivity index (χ0n) is 17.8. The second-order valence-electron chi connectivity index (χ2n) is 8.03. The van der Waals surface area contributed by atoms with Crippen LogP contribution in [0.15, 0.2) is 18.2 Å². The molecule has 3 heterocycles. The number of carbonyl (C=O) groups excluding carboxylic acids is 2. The van der Waals surface area contributed by atoms with Gasteiger partial charge >= 0.3 is 12.2 Å². The zero-order valence-corrected chi connectivity index (χ0v) is 17.8. The summed E-state index contributed by atoms with van der Waals surface area (Å²) in [5.41, 5.74) is 5.50. The predicted octanol–water partition coefficient (Wildman–Crippen LogP) is 2.36. The van der Waals surface area contributed by atoms with Gasteiger partial charge in [-0.05, 0) is 25.1 Å². The highest BCUT2D eigenvalue weighted by molar-refractivity contribution is 5.94. The molecule has 13 heteroatoms. The van der Waals surface area contributed by atoms with E-state index in [4.69, 9.17) is 10.6 Å². The molecule has 1 aromatic heterocycles. The Morgan fingerprint density at radius 3 is 2.76 bits per heavy atom. The van der Waals surface area contributed by atoms with Gasteiger partial charge in [0.15, 0.2) is 0 Å². The number of fused-ring (bicyclic) bond motifs is 3. The maximum atomic E-state index is 13.6. The van der Waals surface area contributed by atoms with Crippen molar-refractivity contribution in [2.75, 3.05) is 18.9 Å². The Hall–Kier alpha value is -3.19. The van der Waals surface area contributed by atoms with E-state index >= 15 is 0 Å². The molecule has 0 spiro atoms. The highest BCUT2D eigenvalue weighted by atomic mass is 19.4. The third kappa shape index (κ3) is 4.25. The predicted molar refractivity (Wildman–Crippen MR) is 107 cm³/mol. The highest BCUT2D eigenvalue weighted by Gasteiger charge is 2.38. The number of alkyl halides is 3. The molecule has 33 heavy (non-hydrogen) atoms. The highest BCUT2D eigenvalue weighted by Crippen LogP contribution is 2.34. The largest absolute Gasteiger partial charge is 0.419 e. The Bertz CT molecular complexity index is 1100. The maximum absolute atomic E-state index is 13.6. The standard InChI is InChI=1S/C20H22F4N6O3/c1-10-5-16-13(17-18(31)28(2)33-12(7-25)8-30(17)27-16)9-29(10)19(32)26-11-3-4-15(21)14(6-11)20(22,23)24/h3-4,6,10,12H,5,7-9,25H2,1-2H3,(H,26,32)/t10-,12-/m1/s1. The Morgan fingerprint density at radius 2 is 2.09 bits per heavy atom. The smallest absolute Gasteiger partial charge is 0.328 e. The SMILES string of the molecule is C[C@@H]1Cc2nn3c(c2CN1C(=O)Nc1ccc(F)c(C(F)(F)F)c1)C(=O)N(C)O[C@H](CN)C3. The molecule has 3 amide bonds. The number of nitrogens with one attached hydrogen (secondary N) is 1. The first-order chi connectivity index (χ1) is 15.5. The summed E-state index contributed by atoms with van der Waals surface area (Å²) in [7, 11) is 1.46. The average molecular weight is 470 g/mol. The quantitative estimate of drug-likeness (QED) is 0.656. The van der Waals surface area contributed by atoms with Gasteiger partial charge in [0.1, 0.15) is 17.6 Å². The molecule has 9 nitrogen and oxygen atoms in total. The van der Waals surface area contributed by atoms with Crippen LogP contribution in [0.3, 0.4) is 0 Å². The van der Waals surface area contributed by atoms with E-state index in [9.17, 15) is 27.2 Å². The number of halogens is 4. The van der Waals surface area contributed by atoms with Crippen LogP contribution in [0.1, 0.15) is 34.2 Å². The fraction of sp³-hybridized carbons (Fsp3) is 0.450. The van der Waals surface area contributed by atoms with Crippen molar-refractivity contribution in [1.29, 1.82) is 0 Å². The molecule has 0 aliphatic carbocycles. The van der Waals surface area contributed by atoms with Gasteiger partial charge in [0.25, 0.3) is 5.91 Å². The minimum absolute atomic E-state index is 0.0118. The van der Waals surface area contributed by atoms with Gasteiger partial charge in [-0.25, -0.2) is 14.2 Å². The van der Waals surface area contributed by atoms with E-state index in [2.05, 4.69) is 10.4 Å². The lowest BCUT2D eigenvalue weighted by Crippen LogP contribution is -2.45. The molecule has 1 aromatic carbocycles.